The first-order valence-corrected chi connectivity index (χ1v) is 9.75. The van der Waals surface area contributed by atoms with Gasteiger partial charge in [-0.15, -0.1) is 0 Å². The van der Waals surface area contributed by atoms with E-state index in [0.29, 0.717) is 22.5 Å². The molecule has 3 aromatic rings. The third-order valence-corrected chi connectivity index (χ3v) is 5.49. The summed E-state index contributed by atoms with van der Waals surface area (Å²) < 4.78 is 27.8. The average molecular weight is 381 g/mol. The molecule has 27 heavy (non-hydrogen) atoms. The van der Waals surface area contributed by atoms with Gasteiger partial charge in [-0.25, -0.2) is 8.42 Å². The molecule has 2 aromatic carbocycles. The molecule has 0 spiro atoms. The minimum absolute atomic E-state index is 0.238. The van der Waals surface area contributed by atoms with E-state index in [1.54, 1.807) is 67.8 Å². The Morgan fingerprint density at radius 2 is 1.56 bits per heavy atom. The number of benzene rings is 2. The number of pyridine rings is 1. The Morgan fingerprint density at radius 1 is 0.889 bits per heavy atom. The molecule has 0 unspecified atom stereocenters. The third kappa shape index (κ3) is 4.51. The molecule has 1 aromatic heterocycles. The molecule has 0 aliphatic carbocycles. The van der Waals surface area contributed by atoms with Crippen molar-refractivity contribution in [2.24, 2.45) is 0 Å². The minimum Gasteiger partial charge on any atom is -0.322 e. The van der Waals surface area contributed by atoms with Crippen molar-refractivity contribution in [3.8, 4) is 0 Å². The van der Waals surface area contributed by atoms with Crippen LogP contribution < -0.4 is 10.0 Å². The second kappa shape index (κ2) is 7.59. The van der Waals surface area contributed by atoms with Crippen molar-refractivity contribution in [1.29, 1.82) is 0 Å². The maximum absolute atomic E-state index is 12.6. The fraction of sp³-hybridized carbons (Fsp3) is 0.100. The van der Waals surface area contributed by atoms with E-state index in [9.17, 15) is 13.2 Å². The smallest absolute Gasteiger partial charge is 0.262 e. The van der Waals surface area contributed by atoms with Crippen molar-refractivity contribution in [1.82, 2.24) is 4.98 Å². The lowest BCUT2D eigenvalue weighted by molar-refractivity contribution is 0.102. The molecule has 0 aliphatic heterocycles. The third-order valence-electron chi connectivity index (χ3n) is 3.97. The average Bonchev–Trinajstić information content (AvgIpc) is 2.64. The number of amides is 1. The van der Waals surface area contributed by atoms with Gasteiger partial charge in [-0.2, -0.15) is 0 Å². The Bertz CT molecular complexity index is 1060. The molecule has 7 heteroatoms. The molecule has 0 fully saturated rings. The van der Waals surface area contributed by atoms with Gasteiger partial charge >= 0.3 is 0 Å². The Hall–Kier alpha value is -3.19. The van der Waals surface area contributed by atoms with Crippen LogP contribution in [0.1, 0.15) is 21.5 Å². The van der Waals surface area contributed by atoms with Crippen molar-refractivity contribution in [3.63, 3.8) is 0 Å². The molecule has 0 bridgehead atoms. The fourth-order valence-corrected chi connectivity index (χ4v) is 3.92. The van der Waals surface area contributed by atoms with Gasteiger partial charge < -0.3 is 5.32 Å². The second-order valence-electron chi connectivity index (χ2n) is 6.14. The molecule has 138 valence electrons. The van der Waals surface area contributed by atoms with E-state index in [1.165, 1.54) is 0 Å². The molecular weight excluding hydrogens is 362 g/mol. The zero-order valence-corrected chi connectivity index (χ0v) is 15.7. The summed E-state index contributed by atoms with van der Waals surface area (Å²) in [6.45, 7) is 3.59. The number of hydrogen-bond acceptors (Lipinski definition) is 4. The Balaban J connectivity index is 1.75. The highest BCUT2D eigenvalue weighted by Crippen LogP contribution is 2.21. The molecular formula is C20H19N3O3S. The van der Waals surface area contributed by atoms with Crippen LogP contribution in [0, 0.1) is 13.8 Å². The summed E-state index contributed by atoms with van der Waals surface area (Å²) in [7, 11) is -3.71. The normalized spacial score (nSPS) is 11.0. The van der Waals surface area contributed by atoms with E-state index >= 15 is 0 Å². The summed E-state index contributed by atoms with van der Waals surface area (Å²) in [6, 6.07) is 14.9. The number of anilines is 2. The van der Waals surface area contributed by atoms with Crippen molar-refractivity contribution >= 4 is 27.3 Å². The van der Waals surface area contributed by atoms with Crippen LogP contribution in [0.2, 0.25) is 0 Å². The first kappa shape index (κ1) is 18.6. The highest BCUT2D eigenvalue weighted by Gasteiger charge is 2.17. The van der Waals surface area contributed by atoms with E-state index in [1.807, 2.05) is 13.0 Å². The number of carbonyl (C=O) groups excluding carboxylic acids is 1. The summed E-state index contributed by atoms with van der Waals surface area (Å²) in [5.74, 6) is -0.287. The fourth-order valence-electron chi connectivity index (χ4n) is 2.54. The van der Waals surface area contributed by atoms with E-state index in [0.717, 1.165) is 5.56 Å². The van der Waals surface area contributed by atoms with Gasteiger partial charge in [0, 0.05) is 29.3 Å². The zero-order chi connectivity index (χ0) is 19.4. The number of carbonyl (C=O) groups is 1. The van der Waals surface area contributed by atoms with Crippen molar-refractivity contribution in [2.45, 2.75) is 18.7 Å². The van der Waals surface area contributed by atoms with Crippen LogP contribution >= 0.6 is 0 Å². The number of nitrogens with zero attached hydrogens (tertiary/aromatic N) is 1. The first-order chi connectivity index (χ1) is 12.8. The van der Waals surface area contributed by atoms with Crippen LogP contribution in [0.25, 0.3) is 0 Å². The Morgan fingerprint density at radius 3 is 2.22 bits per heavy atom. The molecule has 1 amide bonds. The second-order valence-corrected chi connectivity index (χ2v) is 7.79. The first-order valence-electron chi connectivity index (χ1n) is 8.27. The number of hydrogen-bond donors (Lipinski definition) is 2. The number of aryl methyl sites for hydroxylation is 2. The predicted octanol–water partition coefficient (Wildman–Crippen LogP) is 3.75. The van der Waals surface area contributed by atoms with Crippen LogP contribution in [0.15, 0.2) is 71.9 Å². The van der Waals surface area contributed by atoms with Crippen molar-refractivity contribution in [2.75, 3.05) is 10.0 Å². The molecule has 0 saturated heterocycles. The molecule has 3 rings (SSSR count). The lowest BCUT2D eigenvalue weighted by atomic mass is 10.2. The van der Waals surface area contributed by atoms with Gasteiger partial charge in [0.05, 0.1) is 4.90 Å². The van der Waals surface area contributed by atoms with Gasteiger partial charge in [-0.1, -0.05) is 12.1 Å². The molecule has 0 aliphatic rings. The van der Waals surface area contributed by atoms with Crippen LogP contribution in [-0.4, -0.2) is 19.3 Å². The van der Waals surface area contributed by atoms with Gasteiger partial charge in [0.15, 0.2) is 0 Å². The maximum Gasteiger partial charge on any atom is 0.262 e. The predicted molar refractivity (Wildman–Crippen MR) is 105 cm³/mol. The molecule has 6 nitrogen and oxygen atoms in total. The van der Waals surface area contributed by atoms with E-state index in [4.69, 9.17) is 0 Å². The minimum atomic E-state index is -3.71. The van der Waals surface area contributed by atoms with Gasteiger partial charge in [0.1, 0.15) is 0 Å². The van der Waals surface area contributed by atoms with Crippen molar-refractivity contribution < 1.29 is 13.2 Å². The summed E-state index contributed by atoms with van der Waals surface area (Å²) in [5.41, 5.74) is 2.97. The number of rotatable bonds is 5. The lowest BCUT2D eigenvalue weighted by Gasteiger charge is -2.12. The maximum atomic E-state index is 12.6. The Kier molecular flexibility index (Phi) is 5.23. The number of aromatic nitrogens is 1. The van der Waals surface area contributed by atoms with Crippen LogP contribution in [0.5, 0.6) is 0 Å². The van der Waals surface area contributed by atoms with E-state index in [2.05, 4.69) is 15.0 Å². The van der Waals surface area contributed by atoms with E-state index < -0.39 is 10.0 Å². The van der Waals surface area contributed by atoms with E-state index in [-0.39, 0.29) is 10.8 Å². The Labute approximate surface area is 158 Å². The topological polar surface area (TPSA) is 88.2 Å². The van der Waals surface area contributed by atoms with Gasteiger partial charge in [0.25, 0.3) is 15.9 Å². The van der Waals surface area contributed by atoms with Gasteiger partial charge in [-0.3, -0.25) is 14.5 Å². The quantitative estimate of drug-likeness (QED) is 0.704. The monoisotopic (exact) mass is 381 g/mol. The van der Waals surface area contributed by atoms with Crippen LogP contribution in [-0.2, 0) is 10.0 Å². The standard InChI is InChI=1S/C20H19N3O3S/c1-14-3-4-15(2)19(13-14)27(25,26)23-18-7-5-16(6-8-18)20(24)22-17-9-11-21-12-10-17/h3-13,23H,1-2H3,(H,21,22,24). The highest BCUT2D eigenvalue weighted by atomic mass is 32.2. The summed E-state index contributed by atoms with van der Waals surface area (Å²) >= 11 is 0. The molecule has 0 radical (unpaired) electrons. The summed E-state index contributed by atoms with van der Waals surface area (Å²) in [5, 5.41) is 2.75. The number of nitrogens with one attached hydrogen (secondary N) is 2. The lowest BCUT2D eigenvalue weighted by Crippen LogP contribution is -2.15. The van der Waals surface area contributed by atoms with Gasteiger partial charge in [0.2, 0.25) is 0 Å². The summed E-state index contributed by atoms with van der Waals surface area (Å²) in [4.78, 5) is 16.4. The molecule has 0 saturated carbocycles. The number of sulfonamides is 1. The highest BCUT2D eigenvalue weighted by molar-refractivity contribution is 7.92. The molecule has 0 atom stereocenters. The molecule has 2 N–H and O–H groups in total. The van der Waals surface area contributed by atoms with Crippen LogP contribution in [0.4, 0.5) is 11.4 Å². The molecule has 1 heterocycles. The largest absolute Gasteiger partial charge is 0.322 e. The summed E-state index contributed by atoms with van der Waals surface area (Å²) in [6.07, 6.45) is 3.17. The SMILES string of the molecule is Cc1ccc(C)c(S(=O)(=O)Nc2ccc(C(=O)Nc3ccncc3)cc2)c1. The van der Waals surface area contributed by atoms with Gasteiger partial charge in [-0.05, 0) is 67.4 Å². The van der Waals surface area contributed by atoms with Crippen molar-refractivity contribution in [3.05, 3.63) is 83.7 Å². The zero-order valence-electron chi connectivity index (χ0n) is 14.9. The van der Waals surface area contributed by atoms with Crippen LogP contribution in [0.3, 0.4) is 0 Å².